The molecule has 0 saturated carbocycles. The van der Waals surface area contributed by atoms with Gasteiger partial charge >= 0.3 is 6.09 Å². The van der Waals surface area contributed by atoms with E-state index in [4.69, 9.17) is 4.74 Å². The fourth-order valence-electron chi connectivity index (χ4n) is 3.18. The van der Waals surface area contributed by atoms with Crippen LogP contribution < -0.4 is 0 Å². The molecule has 1 heterocycles. The number of amides is 1. The Morgan fingerprint density at radius 3 is 2.54 bits per heavy atom. The molecule has 1 aromatic carbocycles. The SMILES string of the molecule is CC(C)CN(CCCN1CCCCC1)C(=O)OCc1ccccc1. The minimum Gasteiger partial charge on any atom is -0.445 e. The third-order valence-corrected chi connectivity index (χ3v) is 4.40. The van der Waals surface area contributed by atoms with Crippen molar-refractivity contribution in [3.05, 3.63) is 35.9 Å². The molecular formula is C20H32N2O2. The lowest BCUT2D eigenvalue weighted by molar-refractivity contribution is 0.0895. The maximum absolute atomic E-state index is 12.4. The predicted molar refractivity (Wildman–Crippen MR) is 97.9 cm³/mol. The molecule has 0 bridgehead atoms. The largest absolute Gasteiger partial charge is 0.445 e. The quantitative estimate of drug-likeness (QED) is 0.717. The van der Waals surface area contributed by atoms with E-state index in [-0.39, 0.29) is 6.09 Å². The first-order valence-corrected chi connectivity index (χ1v) is 9.33. The van der Waals surface area contributed by atoms with Crippen molar-refractivity contribution in [3.8, 4) is 0 Å². The van der Waals surface area contributed by atoms with Crippen molar-refractivity contribution in [2.75, 3.05) is 32.7 Å². The Kier molecular flexibility index (Phi) is 8.10. The summed E-state index contributed by atoms with van der Waals surface area (Å²) in [6, 6.07) is 9.87. The first-order chi connectivity index (χ1) is 11.6. The molecule has 1 aliphatic rings. The molecule has 0 atom stereocenters. The van der Waals surface area contributed by atoms with Gasteiger partial charge in [-0.2, -0.15) is 0 Å². The van der Waals surface area contributed by atoms with Gasteiger partial charge in [-0.15, -0.1) is 0 Å². The summed E-state index contributed by atoms with van der Waals surface area (Å²) in [5.74, 6) is 0.448. The van der Waals surface area contributed by atoms with Gasteiger partial charge in [0.2, 0.25) is 0 Å². The maximum Gasteiger partial charge on any atom is 0.410 e. The Morgan fingerprint density at radius 1 is 1.17 bits per heavy atom. The van der Waals surface area contributed by atoms with Crippen molar-refractivity contribution in [1.29, 1.82) is 0 Å². The third-order valence-electron chi connectivity index (χ3n) is 4.40. The summed E-state index contributed by atoms with van der Waals surface area (Å²) >= 11 is 0. The van der Waals surface area contributed by atoms with Crippen LogP contribution in [0, 0.1) is 5.92 Å². The fourth-order valence-corrected chi connectivity index (χ4v) is 3.18. The van der Waals surface area contributed by atoms with Gasteiger partial charge in [0.05, 0.1) is 0 Å². The van der Waals surface area contributed by atoms with Crippen LogP contribution in [0.1, 0.15) is 45.1 Å². The van der Waals surface area contributed by atoms with E-state index in [1.165, 1.54) is 32.4 Å². The number of benzene rings is 1. The molecule has 4 heteroatoms. The Bertz CT molecular complexity index is 470. The van der Waals surface area contributed by atoms with E-state index >= 15 is 0 Å². The van der Waals surface area contributed by atoms with Crippen LogP contribution in [-0.2, 0) is 11.3 Å². The van der Waals surface area contributed by atoms with Crippen LogP contribution in [0.25, 0.3) is 0 Å². The first-order valence-electron chi connectivity index (χ1n) is 9.33. The highest BCUT2D eigenvalue weighted by atomic mass is 16.6. The lowest BCUT2D eigenvalue weighted by Crippen LogP contribution is -2.38. The summed E-state index contributed by atoms with van der Waals surface area (Å²) in [7, 11) is 0. The topological polar surface area (TPSA) is 32.8 Å². The Balaban J connectivity index is 1.76. The zero-order valence-electron chi connectivity index (χ0n) is 15.2. The van der Waals surface area contributed by atoms with Crippen LogP contribution in [0.3, 0.4) is 0 Å². The molecule has 24 heavy (non-hydrogen) atoms. The van der Waals surface area contributed by atoms with Crippen molar-refractivity contribution < 1.29 is 9.53 Å². The van der Waals surface area contributed by atoms with Gasteiger partial charge in [0.1, 0.15) is 6.61 Å². The van der Waals surface area contributed by atoms with Crippen LogP contribution >= 0.6 is 0 Å². The van der Waals surface area contributed by atoms with Gasteiger partial charge in [-0.25, -0.2) is 4.79 Å². The van der Waals surface area contributed by atoms with Gasteiger partial charge < -0.3 is 14.5 Å². The normalized spacial score (nSPS) is 15.5. The Morgan fingerprint density at radius 2 is 1.88 bits per heavy atom. The molecule has 0 spiro atoms. The average molecular weight is 332 g/mol. The minimum absolute atomic E-state index is 0.189. The van der Waals surface area contributed by atoms with Gasteiger partial charge in [-0.05, 0) is 50.4 Å². The van der Waals surface area contributed by atoms with E-state index < -0.39 is 0 Å². The number of ether oxygens (including phenoxy) is 1. The van der Waals surface area contributed by atoms with Crippen LogP contribution in [0.15, 0.2) is 30.3 Å². The molecule has 1 amide bonds. The fraction of sp³-hybridized carbons (Fsp3) is 0.650. The van der Waals surface area contributed by atoms with Gasteiger partial charge in [0.25, 0.3) is 0 Å². The smallest absolute Gasteiger partial charge is 0.410 e. The predicted octanol–water partition coefficient (Wildman–Crippen LogP) is 4.16. The monoisotopic (exact) mass is 332 g/mol. The van der Waals surface area contributed by atoms with Gasteiger partial charge in [0, 0.05) is 13.1 Å². The standard InChI is InChI=1S/C20H32N2O2/c1-18(2)16-22(15-9-14-21-12-7-4-8-13-21)20(23)24-17-19-10-5-3-6-11-19/h3,5-6,10-11,18H,4,7-9,12-17H2,1-2H3. The maximum atomic E-state index is 12.4. The molecule has 1 aromatic rings. The highest BCUT2D eigenvalue weighted by Crippen LogP contribution is 2.10. The molecule has 1 fully saturated rings. The van der Waals surface area contributed by atoms with E-state index in [2.05, 4.69) is 18.7 Å². The van der Waals surface area contributed by atoms with Crippen molar-refractivity contribution in [3.63, 3.8) is 0 Å². The number of carbonyl (C=O) groups is 1. The number of nitrogens with zero attached hydrogens (tertiary/aromatic N) is 2. The number of likely N-dealkylation sites (tertiary alicyclic amines) is 1. The number of rotatable bonds is 8. The number of hydrogen-bond donors (Lipinski definition) is 0. The second kappa shape index (κ2) is 10.3. The van der Waals surface area contributed by atoms with Gasteiger partial charge in [-0.3, -0.25) is 0 Å². The van der Waals surface area contributed by atoms with Crippen LogP contribution in [0.4, 0.5) is 4.79 Å². The zero-order chi connectivity index (χ0) is 17.2. The van der Waals surface area contributed by atoms with Gasteiger partial charge in [-0.1, -0.05) is 50.6 Å². The van der Waals surface area contributed by atoms with Crippen LogP contribution in [-0.4, -0.2) is 48.6 Å². The lowest BCUT2D eigenvalue weighted by atomic mass is 10.1. The molecule has 2 rings (SSSR count). The van der Waals surface area contributed by atoms with Crippen LogP contribution in [0.5, 0.6) is 0 Å². The molecule has 1 aliphatic heterocycles. The highest BCUT2D eigenvalue weighted by Gasteiger charge is 2.17. The van der Waals surface area contributed by atoms with E-state index in [9.17, 15) is 4.79 Å². The first kappa shape index (κ1) is 18.8. The highest BCUT2D eigenvalue weighted by molar-refractivity contribution is 5.67. The third kappa shape index (κ3) is 6.91. The van der Waals surface area contributed by atoms with Crippen LogP contribution in [0.2, 0.25) is 0 Å². The molecule has 0 N–H and O–H groups in total. The van der Waals surface area contributed by atoms with Crippen molar-refractivity contribution in [2.45, 2.75) is 46.1 Å². The summed E-state index contributed by atoms with van der Waals surface area (Å²) < 4.78 is 5.51. The summed E-state index contributed by atoms with van der Waals surface area (Å²) in [4.78, 5) is 16.8. The second-order valence-corrected chi connectivity index (χ2v) is 7.14. The second-order valence-electron chi connectivity index (χ2n) is 7.14. The zero-order valence-corrected chi connectivity index (χ0v) is 15.2. The minimum atomic E-state index is -0.189. The number of hydrogen-bond acceptors (Lipinski definition) is 3. The van der Waals surface area contributed by atoms with E-state index in [0.29, 0.717) is 12.5 Å². The van der Waals surface area contributed by atoms with Crippen molar-refractivity contribution >= 4 is 6.09 Å². The molecule has 134 valence electrons. The van der Waals surface area contributed by atoms with E-state index in [1.807, 2.05) is 35.2 Å². The lowest BCUT2D eigenvalue weighted by Gasteiger charge is -2.28. The number of carbonyl (C=O) groups excluding carboxylic acids is 1. The molecule has 0 unspecified atom stereocenters. The van der Waals surface area contributed by atoms with Crippen molar-refractivity contribution in [1.82, 2.24) is 9.80 Å². The van der Waals surface area contributed by atoms with E-state index in [0.717, 1.165) is 31.6 Å². The van der Waals surface area contributed by atoms with E-state index in [1.54, 1.807) is 0 Å². The average Bonchev–Trinajstić information content (AvgIpc) is 2.60. The molecule has 0 aliphatic carbocycles. The molecule has 0 radical (unpaired) electrons. The molecular weight excluding hydrogens is 300 g/mol. The number of piperidine rings is 1. The molecule has 0 aromatic heterocycles. The summed E-state index contributed by atoms with van der Waals surface area (Å²) in [6.45, 7) is 9.67. The summed E-state index contributed by atoms with van der Waals surface area (Å²) in [6.07, 6.45) is 4.82. The summed E-state index contributed by atoms with van der Waals surface area (Å²) in [5.41, 5.74) is 1.03. The van der Waals surface area contributed by atoms with Gasteiger partial charge in [0.15, 0.2) is 0 Å². The van der Waals surface area contributed by atoms with Crippen molar-refractivity contribution in [2.24, 2.45) is 5.92 Å². The molecule has 4 nitrogen and oxygen atoms in total. The summed E-state index contributed by atoms with van der Waals surface area (Å²) in [5, 5.41) is 0. The molecule has 1 saturated heterocycles. The Hall–Kier alpha value is -1.55. The Labute approximate surface area is 146 Å².